The summed E-state index contributed by atoms with van der Waals surface area (Å²) in [4.78, 5) is 12.0. The highest BCUT2D eigenvalue weighted by molar-refractivity contribution is 9.10. The number of hydrogen-bond donors (Lipinski definition) is 2. The molecule has 0 saturated carbocycles. The van der Waals surface area contributed by atoms with Crippen LogP contribution in [0.25, 0.3) is 6.08 Å². The maximum absolute atomic E-state index is 12.0. The summed E-state index contributed by atoms with van der Waals surface area (Å²) in [5.74, 6) is -0.219. The molecule has 7 heteroatoms. The van der Waals surface area contributed by atoms with Gasteiger partial charge in [0.15, 0.2) is 0 Å². The molecule has 26 heavy (non-hydrogen) atoms. The van der Waals surface area contributed by atoms with E-state index in [0.29, 0.717) is 0 Å². The molecule has 0 saturated heterocycles. The molecule has 0 heterocycles. The van der Waals surface area contributed by atoms with Gasteiger partial charge in [-0.05, 0) is 30.2 Å². The predicted octanol–water partition coefficient (Wildman–Crippen LogP) is 3.61. The van der Waals surface area contributed by atoms with Gasteiger partial charge in [-0.15, -0.1) is 0 Å². The van der Waals surface area contributed by atoms with Crippen molar-refractivity contribution in [2.75, 3.05) is 6.54 Å². The van der Waals surface area contributed by atoms with Crippen LogP contribution in [-0.2, 0) is 14.8 Å². The minimum Gasteiger partial charge on any atom is -0.350 e. The van der Waals surface area contributed by atoms with Gasteiger partial charge in [0, 0.05) is 22.8 Å². The zero-order valence-electron chi connectivity index (χ0n) is 14.4. The normalized spacial score (nSPS) is 12.8. The number of amides is 1. The van der Waals surface area contributed by atoms with E-state index >= 15 is 0 Å². The second-order valence-electron chi connectivity index (χ2n) is 5.71. The quantitative estimate of drug-likeness (QED) is 0.663. The van der Waals surface area contributed by atoms with Crippen molar-refractivity contribution in [2.24, 2.45) is 0 Å². The van der Waals surface area contributed by atoms with Gasteiger partial charge in [-0.1, -0.05) is 64.5 Å². The molecule has 0 aliphatic heterocycles. The highest BCUT2D eigenvalue weighted by Gasteiger charge is 2.12. The van der Waals surface area contributed by atoms with Crippen LogP contribution >= 0.6 is 15.9 Å². The van der Waals surface area contributed by atoms with Crippen molar-refractivity contribution in [1.82, 2.24) is 10.0 Å². The van der Waals surface area contributed by atoms with Crippen molar-refractivity contribution < 1.29 is 13.2 Å². The predicted molar refractivity (Wildman–Crippen MR) is 108 cm³/mol. The van der Waals surface area contributed by atoms with Crippen LogP contribution in [0.1, 0.15) is 30.5 Å². The minimum atomic E-state index is -3.58. The summed E-state index contributed by atoms with van der Waals surface area (Å²) in [6, 6.07) is 16.6. The molecule has 0 aromatic heterocycles. The molecule has 2 rings (SSSR count). The smallest absolute Gasteiger partial charge is 0.233 e. The van der Waals surface area contributed by atoms with E-state index in [1.54, 1.807) is 0 Å². The summed E-state index contributed by atoms with van der Waals surface area (Å²) in [6.07, 6.45) is 1.57. The molecule has 2 N–H and O–H groups in total. The third kappa shape index (κ3) is 6.74. The summed E-state index contributed by atoms with van der Waals surface area (Å²) in [5, 5.41) is 3.96. The molecule has 2 aromatic carbocycles. The first-order valence-electron chi connectivity index (χ1n) is 8.14. The maximum atomic E-state index is 12.0. The Hall–Kier alpha value is -1.96. The van der Waals surface area contributed by atoms with Crippen LogP contribution in [-0.4, -0.2) is 20.9 Å². The van der Waals surface area contributed by atoms with E-state index in [0.717, 1.165) is 21.0 Å². The molecule has 5 nitrogen and oxygen atoms in total. The number of carbonyl (C=O) groups is 1. The number of carbonyl (C=O) groups excluding carboxylic acids is 1. The molecule has 0 aliphatic carbocycles. The Balaban J connectivity index is 1.80. The Morgan fingerprint density at radius 3 is 2.46 bits per heavy atom. The van der Waals surface area contributed by atoms with Gasteiger partial charge in [0.1, 0.15) is 0 Å². The molecule has 1 unspecified atom stereocenters. The standard InChI is InChI=1S/C19H21BrN2O3S/c1-15(17-9-5-6-10-18(17)20)22-19(23)11-13-21-26(24,25)14-12-16-7-3-2-4-8-16/h2-10,12,14-15,21H,11,13H2,1H3,(H,22,23)/b14-12+. The summed E-state index contributed by atoms with van der Waals surface area (Å²) < 4.78 is 27.2. The van der Waals surface area contributed by atoms with E-state index in [1.807, 2.05) is 61.5 Å². The summed E-state index contributed by atoms with van der Waals surface area (Å²) >= 11 is 3.45. The highest BCUT2D eigenvalue weighted by atomic mass is 79.9. The van der Waals surface area contributed by atoms with Crippen molar-refractivity contribution in [3.05, 3.63) is 75.6 Å². The molecule has 0 spiro atoms. The third-order valence-corrected chi connectivity index (χ3v) is 5.47. The van der Waals surface area contributed by atoms with Gasteiger partial charge in [0.2, 0.25) is 15.9 Å². The summed E-state index contributed by atoms with van der Waals surface area (Å²) in [5.41, 5.74) is 1.75. The first kappa shape index (κ1) is 20.4. The van der Waals surface area contributed by atoms with Crippen molar-refractivity contribution in [3.8, 4) is 0 Å². The molecule has 2 aromatic rings. The lowest BCUT2D eigenvalue weighted by molar-refractivity contribution is -0.121. The number of sulfonamides is 1. The molecule has 0 aliphatic rings. The van der Waals surface area contributed by atoms with E-state index in [-0.39, 0.29) is 24.9 Å². The van der Waals surface area contributed by atoms with Gasteiger partial charge in [0.25, 0.3) is 0 Å². The average molecular weight is 437 g/mol. The van der Waals surface area contributed by atoms with Crippen LogP contribution < -0.4 is 10.0 Å². The first-order chi connectivity index (χ1) is 12.4. The molecular weight excluding hydrogens is 416 g/mol. The lowest BCUT2D eigenvalue weighted by Gasteiger charge is -2.15. The van der Waals surface area contributed by atoms with E-state index in [1.165, 1.54) is 6.08 Å². The molecule has 0 fully saturated rings. The van der Waals surface area contributed by atoms with Crippen LogP contribution in [0, 0.1) is 0 Å². The molecular formula is C19H21BrN2O3S. The van der Waals surface area contributed by atoms with Gasteiger partial charge in [0.05, 0.1) is 6.04 Å². The molecule has 1 atom stereocenters. The average Bonchev–Trinajstić information content (AvgIpc) is 2.61. The zero-order valence-corrected chi connectivity index (χ0v) is 16.8. The molecule has 0 bridgehead atoms. The van der Waals surface area contributed by atoms with Crippen molar-refractivity contribution in [2.45, 2.75) is 19.4 Å². The SMILES string of the molecule is CC(NC(=O)CCNS(=O)(=O)/C=C/c1ccccc1)c1ccccc1Br. The van der Waals surface area contributed by atoms with Crippen molar-refractivity contribution >= 4 is 37.9 Å². The maximum Gasteiger partial charge on any atom is 0.233 e. The monoisotopic (exact) mass is 436 g/mol. The van der Waals surface area contributed by atoms with E-state index in [2.05, 4.69) is 26.0 Å². The van der Waals surface area contributed by atoms with Crippen LogP contribution in [0.5, 0.6) is 0 Å². The Bertz CT molecular complexity index is 867. The topological polar surface area (TPSA) is 75.3 Å². The second kappa shape index (κ2) is 9.66. The Morgan fingerprint density at radius 2 is 1.77 bits per heavy atom. The fraction of sp³-hybridized carbons (Fsp3) is 0.211. The van der Waals surface area contributed by atoms with Gasteiger partial charge in [-0.2, -0.15) is 0 Å². The largest absolute Gasteiger partial charge is 0.350 e. The summed E-state index contributed by atoms with van der Waals surface area (Å²) in [6.45, 7) is 1.92. The molecule has 138 valence electrons. The van der Waals surface area contributed by atoms with Crippen LogP contribution in [0.2, 0.25) is 0 Å². The Morgan fingerprint density at radius 1 is 1.12 bits per heavy atom. The first-order valence-corrected chi connectivity index (χ1v) is 10.5. The molecule has 0 radical (unpaired) electrons. The molecule has 1 amide bonds. The summed E-state index contributed by atoms with van der Waals surface area (Å²) in [7, 11) is -3.58. The lowest BCUT2D eigenvalue weighted by atomic mass is 10.1. The fourth-order valence-corrected chi connectivity index (χ4v) is 3.75. The number of nitrogens with one attached hydrogen (secondary N) is 2. The fourth-order valence-electron chi connectivity index (χ4n) is 2.30. The number of hydrogen-bond acceptors (Lipinski definition) is 3. The second-order valence-corrected chi connectivity index (χ2v) is 8.22. The van der Waals surface area contributed by atoms with Crippen LogP contribution in [0.3, 0.4) is 0 Å². The number of benzene rings is 2. The minimum absolute atomic E-state index is 0.0377. The zero-order chi connectivity index (χ0) is 19.0. The van der Waals surface area contributed by atoms with E-state index < -0.39 is 10.0 Å². The Kier molecular flexibility index (Phi) is 7.56. The Labute approximate surface area is 162 Å². The highest BCUT2D eigenvalue weighted by Crippen LogP contribution is 2.22. The third-order valence-electron chi connectivity index (χ3n) is 3.64. The van der Waals surface area contributed by atoms with Gasteiger partial charge in [-0.3, -0.25) is 4.79 Å². The lowest BCUT2D eigenvalue weighted by Crippen LogP contribution is -2.31. The number of rotatable bonds is 8. The van der Waals surface area contributed by atoms with E-state index in [4.69, 9.17) is 0 Å². The van der Waals surface area contributed by atoms with Crippen LogP contribution in [0.4, 0.5) is 0 Å². The van der Waals surface area contributed by atoms with E-state index in [9.17, 15) is 13.2 Å². The number of halogens is 1. The van der Waals surface area contributed by atoms with Gasteiger partial charge >= 0.3 is 0 Å². The van der Waals surface area contributed by atoms with Gasteiger partial charge in [-0.25, -0.2) is 13.1 Å². The van der Waals surface area contributed by atoms with Crippen LogP contribution in [0.15, 0.2) is 64.5 Å². The van der Waals surface area contributed by atoms with Gasteiger partial charge < -0.3 is 5.32 Å². The van der Waals surface area contributed by atoms with Crippen molar-refractivity contribution in [1.29, 1.82) is 0 Å². The van der Waals surface area contributed by atoms with Crippen molar-refractivity contribution in [3.63, 3.8) is 0 Å².